The highest BCUT2D eigenvalue weighted by Crippen LogP contribution is 2.24. The number of rotatable bonds is 4. The van der Waals surface area contributed by atoms with Crippen LogP contribution >= 0.6 is 0 Å². The summed E-state index contributed by atoms with van der Waals surface area (Å²) in [6.07, 6.45) is 2.50. The zero-order chi connectivity index (χ0) is 17.9. The minimum Gasteiger partial charge on any atom is -0.444 e. The normalized spacial score (nSPS) is 25.0. The van der Waals surface area contributed by atoms with Gasteiger partial charge in [0.15, 0.2) is 0 Å². The van der Waals surface area contributed by atoms with E-state index in [0.29, 0.717) is 5.92 Å². The fourth-order valence-electron chi connectivity index (χ4n) is 4.14. The summed E-state index contributed by atoms with van der Waals surface area (Å²) in [6, 6.07) is 0. The van der Waals surface area contributed by atoms with Crippen LogP contribution in [0.1, 0.15) is 33.6 Å². The largest absolute Gasteiger partial charge is 0.444 e. The average molecular weight is 353 g/mol. The van der Waals surface area contributed by atoms with Crippen molar-refractivity contribution in [2.24, 2.45) is 11.8 Å². The van der Waals surface area contributed by atoms with Gasteiger partial charge in [-0.15, -0.1) is 0 Å². The average Bonchev–Trinajstić information content (AvgIpc) is 2.51. The maximum atomic E-state index is 12.0. The van der Waals surface area contributed by atoms with E-state index in [0.717, 1.165) is 38.6 Å². The molecule has 3 aliphatic heterocycles. The van der Waals surface area contributed by atoms with Gasteiger partial charge >= 0.3 is 6.09 Å². The van der Waals surface area contributed by atoms with Gasteiger partial charge in [-0.1, -0.05) is 0 Å². The van der Waals surface area contributed by atoms with Gasteiger partial charge in [-0.05, 0) is 52.6 Å². The fourth-order valence-corrected chi connectivity index (χ4v) is 4.14. The maximum Gasteiger partial charge on any atom is 0.410 e. The van der Waals surface area contributed by atoms with Gasteiger partial charge in [0.05, 0.1) is 0 Å². The first-order valence-corrected chi connectivity index (χ1v) is 10.0. The van der Waals surface area contributed by atoms with E-state index in [-0.39, 0.29) is 6.09 Å². The van der Waals surface area contributed by atoms with Crippen molar-refractivity contribution in [2.45, 2.75) is 39.2 Å². The van der Waals surface area contributed by atoms with E-state index in [4.69, 9.17) is 4.74 Å². The molecule has 0 unspecified atom stereocenters. The van der Waals surface area contributed by atoms with Gasteiger partial charge in [-0.2, -0.15) is 0 Å². The minimum atomic E-state index is -0.394. The second-order valence-corrected chi connectivity index (χ2v) is 9.05. The second kappa shape index (κ2) is 8.23. The van der Waals surface area contributed by atoms with Gasteiger partial charge in [0.1, 0.15) is 5.60 Å². The molecule has 0 bridgehead atoms. The van der Waals surface area contributed by atoms with Crippen LogP contribution in [0.5, 0.6) is 0 Å². The Morgan fingerprint density at radius 1 is 0.960 bits per heavy atom. The van der Waals surface area contributed by atoms with E-state index in [1.165, 1.54) is 45.6 Å². The molecule has 3 heterocycles. The number of piperidine rings is 1. The number of ether oxygens (including phenoxy) is 1. The highest BCUT2D eigenvalue weighted by molar-refractivity contribution is 5.69. The first-order valence-electron chi connectivity index (χ1n) is 10.0. The molecule has 0 aliphatic carbocycles. The van der Waals surface area contributed by atoms with E-state index in [1.807, 2.05) is 25.7 Å². The maximum absolute atomic E-state index is 12.0. The first kappa shape index (κ1) is 18.9. The van der Waals surface area contributed by atoms with Crippen molar-refractivity contribution in [3.8, 4) is 0 Å². The summed E-state index contributed by atoms with van der Waals surface area (Å²) in [4.78, 5) is 19.1. The Hall–Kier alpha value is -0.850. The molecule has 0 radical (unpaired) electrons. The van der Waals surface area contributed by atoms with Crippen LogP contribution < -0.4 is 5.32 Å². The number of nitrogens with zero attached hydrogens (tertiary/aromatic N) is 3. The molecule has 3 rings (SSSR count). The third-order valence-corrected chi connectivity index (χ3v) is 5.56. The zero-order valence-electron chi connectivity index (χ0n) is 16.3. The number of likely N-dealkylation sites (tertiary alicyclic amines) is 2. The highest BCUT2D eigenvalue weighted by Gasteiger charge is 2.35. The molecule has 3 fully saturated rings. The summed E-state index contributed by atoms with van der Waals surface area (Å²) in [5.41, 5.74) is -0.394. The summed E-state index contributed by atoms with van der Waals surface area (Å²) in [6.45, 7) is 17.1. The van der Waals surface area contributed by atoms with E-state index in [1.54, 1.807) is 0 Å². The van der Waals surface area contributed by atoms with Gasteiger partial charge in [-0.25, -0.2) is 4.79 Å². The van der Waals surface area contributed by atoms with E-state index in [2.05, 4.69) is 15.1 Å². The topological polar surface area (TPSA) is 48.1 Å². The summed E-state index contributed by atoms with van der Waals surface area (Å²) in [5, 5.41) is 3.43. The molecule has 25 heavy (non-hydrogen) atoms. The van der Waals surface area contributed by atoms with Gasteiger partial charge < -0.3 is 24.8 Å². The van der Waals surface area contributed by atoms with Crippen LogP contribution in [0.3, 0.4) is 0 Å². The van der Waals surface area contributed by atoms with Gasteiger partial charge in [0.2, 0.25) is 0 Å². The van der Waals surface area contributed by atoms with Crippen LogP contribution in [0.15, 0.2) is 0 Å². The van der Waals surface area contributed by atoms with Crippen molar-refractivity contribution in [3.05, 3.63) is 0 Å². The molecule has 3 saturated heterocycles. The molecule has 1 N–H and O–H groups in total. The number of carbonyl (C=O) groups excluding carboxylic acids is 1. The SMILES string of the molecule is CC(C)(C)OC(=O)N1CC(CN2CCC(CN3CCNCC3)CC2)C1. The summed E-state index contributed by atoms with van der Waals surface area (Å²) in [5.74, 6) is 1.49. The van der Waals surface area contributed by atoms with Gasteiger partial charge in [-0.3, -0.25) is 0 Å². The minimum absolute atomic E-state index is 0.154. The molecular formula is C19H36N4O2. The molecule has 6 nitrogen and oxygen atoms in total. The van der Waals surface area contributed by atoms with Crippen molar-refractivity contribution in [3.63, 3.8) is 0 Å². The van der Waals surface area contributed by atoms with Crippen LogP contribution in [0.25, 0.3) is 0 Å². The molecular weight excluding hydrogens is 316 g/mol. The van der Waals surface area contributed by atoms with Gasteiger partial charge in [0, 0.05) is 58.3 Å². The van der Waals surface area contributed by atoms with Crippen LogP contribution in [-0.2, 0) is 4.74 Å². The predicted octanol–water partition coefficient (Wildman–Crippen LogP) is 1.47. The number of nitrogens with one attached hydrogen (secondary N) is 1. The fraction of sp³-hybridized carbons (Fsp3) is 0.947. The van der Waals surface area contributed by atoms with E-state index in [9.17, 15) is 4.79 Å². The monoisotopic (exact) mass is 352 g/mol. The third-order valence-electron chi connectivity index (χ3n) is 5.56. The van der Waals surface area contributed by atoms with Crippen molar-refractivity contribution in [1.29, 1.82) is 0 Å². The summed E-state index contributed by atoms with van der Waals surface area (Å²) < 4.78 is 5.43. The van der Waals surface area contributed by atoms with Crippen LogP contribution in [-0.4, -0.2) is 91.8 Å². The number of piperazine rings is 1. The van der Waals surface area contributed by atoms with Crippen LogP contribution in [0.2, 0.25) is 0 Å². The molecule has 0 aromatic rings. The molecule has 3 aliphatic rings. The smallest absolute Gasteiger partial charge is 0.410 e. The molecule has 0 saturated carbocycles. The quantitative estimate of drug-likeness (QED) is 0.830. The Balaban J connectivity index is 1.29. The van der Waals surface area contributed by atoms with Gasteiger partial charge in [0.25, 0.3) is 0 Å². The molecule has 1 amide bonds. The molecule has 6 heteroatoms. The number of hydrogen-bond donors (Lipinski definition) is 1. The standard InChI is InChI=1S/C19H36N4O2/c1-19(2,3)25-18(24)23-14-17(15-23)13-21-8-4-16(5-9-21)12-22-10-6-20-7-11-22/h16-17,20H,4-15H2,1-3H3. The van der Waals surface area contributed by atoms with E-state index < -0.39 is 5.60 Å². The summed E-state index contributed by atoms with van der Waals surface area (Å²) in [7, 11) is 0. The number of carbonyl (C=O) groups is 1. The lowest BCUT2D eigenvalue weighted by molar-refractivity contribution is -0.00841. The molecule has 0 aromatic heterocycles. The van der Waals surface area contributed by atoms with Crippen molar-refractivity contribution in [1.82, 2.24) is 20.0 Å². The van der Waals surface area contributed by atoms with Crippen LogP contribution in [0, 0.1) is 11.8 Å². The van der Waals surface area contributed by atoms with Crippen molar-refractivity contribution in [2.75, 3.05) is 65.4 Å². The first-order chi connectivity index (χ1) is 11.9. The Bertz CT molecular complexity index is 431. The molecule has 144 valence electrons. The number of amides is 1. The Morgan fingerprint density at radius 2 is 1.52 bits per heavy atom. The molecule has 0 aromatic carbocycles. The van der Waals surface area contributed by atoms with Crippen LogP contribution in [0.4, 0.5) is 4.79 Å². The lowest BCUT2D eigenvalue weighted by Crippen LogP contribution is -2.55. The van der Waals surface area contributed by atoms with Crippen molar-refractivity contribution < 1.29 is 9.53 Å². The number of hydrogen-bond acceptors (Lipinski definition) is 5. The lowest BCUT2D eigenvalue weighted by Gasteiger charge is -2.43. The van der Waals surface area contributed by atoms with Crippen molar-refractivity contribution >= 4 is 6.09 Å². The predicted molar refractivity (Wildman–Crippen MR) is 99.8 cm³/mol. The Labute approximate surface area is 152 Å². The zero-order valence-corrected chi connectivity index (χ0v) is 16.3. The molecule has 0 atom stereocenters. The second-order valence-electron chi connectivity index (χ2n) is 9.05. The van der Waals surface area contributed by atoms with E-state index >= 15 is 0 Å². The Kier molecular flexibility index (Phi) is 6.23. The highest BCUT2D eigenvalue weighted by atomic mass is 16.6. The summed E-state index contributed by atoms with van der Waals surface area (Å²) >= 11 is 0. The Morgan fingerprint density at radius 3 is 2.12 bits per heavy atom. The molecule has 0 spiro atoms. The lowest BCUT2D eigenvalue weighted by atomic mass is 9.93. The third kappa shape index (κ3) is 5.83.